The molecule has 1 N–H and O–H groups in total. The van der Waals surface area contributed by atoms with Gasteiger partial charge in [0.25, 0.3) is 0 Å². The largest absolute Gasteiger partial charge is 0.495 e. The van der Waals surface area contributed by atoms with Gasteiger partial charge in [-0.1, -0.05) is 84.6 Å². The molecule has 0 saturated carbocycles. The fourth-order valence-corrected chi connectivity index (χ4v) is 4.20. The van der Waals surface area contributed by atoms with Crippen molar-refractivity contribution in [2.24, 2.45) is 0 Å². The zero-order chi connectivity index (χ0) is 22.2. The van der Waals surface area contributed by atoms with Crippen LogP contribution in [0.15, 0.2) is 96.4 Å². The van der Waals surface area contributed by atoms with Crippen molar-refractivity contribution in [2.75, 3.05) is 12.9 Å². The van der Waals surface area contributed by atoms with Gasteiger partial charge in [-0.25, -0.2) is 0 Å². The van der Waals surface area contributed by atoms with Crippen LogP contribution < -0.4 is 10.1 Å². The number of benzene rings is 3. The number of thioether (sulfide) groups is 1. The van der Waals surface area contributed by atoms with E-state index in [1.807, 2.05) is 77.4 Å². The van der Waals surface area contributed by atoms with Crippen molar-refractivity contribution >= 4 is 17.7 Å². The van der Waals surface area contributed by atoms with E-state index in [0.717, 1.165) is 17.7 Å². The Hall–Kier alpha value is -3.58. The Morgan fingerprint density at radius 1 is 1.00 bits per heavy atom. The summed E-state index contributed by atoms with van der Waals surface area (Å²) in [6, 6.07) is 27.7. The lowest BCUT2D eigenvalue weighted by atomic mass is 9.99. The van der Waals surface area contributed by atoms with E-state index in [0.29, 0.717) is 10.9 Å². The number of carbonyl (C=O) groups is 1. The van der Waals surface area contributed by atoms with Gasteiger partial charge in [-0.2, -0.15) is 0 Å². The first kappa shape index (κ1) is 21.6. The van der Waals surface area contributed by atoms with E-state index in [-0.39, 0.29) is 17.7 Å². The van der Waals surface area contributed by atoms with Crippen LogP contribution in [0.5, 0.6) is 5.75 Å². The summed E-state index contributed by atoms with van der Waals surface area (Å²) >= 11 is 1.34. The number of para-hydroxylation sites is 2. The van der Waals surface area contributed by atoms with Crippen molar-refractivity contribution in [3.8, 4) is 11.4 Å². The SMILES string of the molecule is COc1ccccc1-n1cnnc1SCC(=O)NC(Cc1ccccc1)c1ccccc1. The molecule has 0 saturated heterocycles. The predicted molar refractivity (Wildman–Crippen MR) is 126 cm³/mol. The molecule has 1 heterocycles. The van der Waals surface area contributed by atoms with E-state index in [1.54, 1.807) is 13.4 Å². The zero-order valence-electron chi connectivity index (χ0n) is 17.7. The van der Waals surface area contributed by atoms with E-state index in [4.69, 9.17) is 4.74 Å². The van der Waals surface area contributed by atoms with Gasteiger partial charge in [0.05, 0.1) is 24.6 Å². The summed E-state index contributed by atoms with van der Waals surface area (Å²) in [6.45, 7) is 0. The Labute approximate surface area is 191 Å². The number of nitrogens with one attached hydrogen (secondary N) is 1. The maximum Gasteiger partial charge on any atom is 0.230 e. The monoisotopic (exact) mass is 444 g/mol. The van der Waals surface area contributed by atoms with Gasteiger partial charge in [0.2, 0.25) is 5.91 Å². The van der Waals surface area contributed by atoms with Crippen molar-refractivity contribution in [2.45, 2.75) is 17.6 Å². The number of aromatic nitrogens is 3. The number of ether oxygens (including phenoxy) is 1. The van der Waals surface area contributed by atoms with Crippen LogP contribution in [0.25, 0.3) is 5.69 Å². The molecule has 1 unspecified atom stereocenters. The number of hydrogen-bond acceptors (Lipinski definition) is 5. The third kappa shape index (κ3) is 5.36. The summed E-state index contributed by atoms with van der Waals surface area (Å²) in [4.78, 5) is 12.9. The number of nitrogens with zero attached hydrogens (tertiary/aromatic N) is 3. The predicted octanol–water partition coefficient (Wildman–Crippen LogP) is 4.47. The summed E-state index contributed by atoms with van der Waals surface area (Å²) in [5, 5.41) is 12.0. The van der Waals surface area contributed by atoms with Crippen molar-refractivity contribution in [3.05, 3.63) is 102 Å². The highest BCUT2D eigenvalue weighted by molar-refractivity contribution is 7.99. The van der Waals surface area contributed by atoms with Crippen molar-refractivity contribution in [1.29, 1.82) is 0 Å². The fraction of sp³-hybridized carbons (Fsp3) is 0.160. The summed E-state index contributed by atoms with van der Waals surface area (Å²) in [6.07, 6.45) is 2.35. The Balaban J connectivity index is 1.45. The van der Waals surface area contributed by atoms with E-state index in [9.17, 15) is 4.79 Å². The first-order chi connectivity index (χ1) is 15.7. The molecular weight excluding hydrogens is 420 g/mol. The Bertz CT molecular complexity index is 1150. The molecule has 4 aromatic rings. The Morgan fingerprint density at radius 3 is 2.44 bits per heavy atom. The summed E-state index contributed by atoms with van der Waals surface area (Å²) in [5.41, 5.74) is 3.08. The van der Waals surface area contributed by atoms with Gasteiger partial charge < -0.3 is 10.1 Å². The molecule has 0 spiro atoms. The van der Waals surface area contributed by atoms with Crippen LogP contribution in [0.2, 0.25) is 0 Å². The first-order valence-corrected chi connectivity index (χ1v) is 11.3. The molecule has 162 valence electrons. The summed E-state index contributed by atoms with van der Waals surface area (Å²) in [7, 11) is 1.62. The average Bonchev–Trinajstić information content (AvgIpc) is 3.32. The number of rotatable bonds is 9. The first-order valence-electron chi connectivity index (χ1n) is 10.3. The standard InChI is InChI=1S/C25H24N4O2S/c1-31-23-15-9-8-14-22(23)29-18-26-28-25(29)32-17-24(30)27-21(20-12-6-3-7-13-20)16-19-10-4-2-5-11-19/h2-15,18,21H,16-17H2,1H3,(H,27,30). The quantitative estimate of drug-likeness (QED) is 0.386. The van der Waals surface area contributed by atoms with Gasteiger partial charge in [-0.15, -0.1) is 10.2 Å². The second kappa shape index (κ2) is 10.6. The van der Waals surface area contributed by atoms with Gasteiger partial charge in [-0.05, 0) is 29.7 Å². The number of methoxy groups -OCH3 is 1. The molecule has 6 nitrogen and oxygen atoms in total. The van der Waals surface area contributed by atoms with Crippen molar-refractivity contribution in [1.82, 2.24) is 20.1 Å². The molecule has 0 radical (unpaired) electrons. The summed E-state index contributed by atoms with van der Waals surface area (Å²) < 4.78 is 7.27. The molecule has 1 aromatic heterocycles. The van der Waals surface area contributed by atoms with Crippen LogP contribution >= 0.6 is 11.8 Å². The number of carbonyl (C=O) groups excluding carboxylic acids is 1. The van der Waals surface area contributed by atoms with Crippen LogP contribution in [0.4, 0.5) is 0 Å². The van der Waals surface area contributed by atoms with Crippen molar-refractivity contribution in [3.63, 3.8) is 0 Å². The minimum atomic E-state index is -0.112. The normalized spacial score (nSPS) is 11.7. The molecule has 7 heteroatoms. The van der Waals surface area contributed by atoms with Crippen LogP contribution in [-0.2, 0) is 11.2 Å². The maximum atomic E-state index is 12.9. The van der Waals surface area contributed by atoms with Gasteiger partial charge in [-0.3, -0.25) is 9.36 Å². The lowest BCUT2D eigenvalue weighted by molar-refractivity contribution is -0.119. The molecule has 0 aliphatic carbocycles. The molecule has 1 amide bonds. The van der Waals surface area contributed by atoms with Crippen LogP contribution in [0.1, 0.15) is 17.2 Å². The van der Waals surface area contributed by atoms with E-state index >= 15 is 0 Å². The third-order valence-electron chi connectivity index (χ3n) is 5.01. The zero-order valence-corrected chi connectivity index (χ0v) is 18.5. The molecule has 1 atom stereocenters. The average molecular weight is 445 g/mol. The van der Waals surface area contributed by atoms with E-state index in [1.165, 1.54) is 17.3 Å². The molecule has 4 rings (SSSR count). The highest BCUT2D eigenvalue weighted by Gasteiger charge is 2.17. The van der Waals surface area contributed by atoms with Crippen LogP contribution in [0, 0.1) is 0 Å². The van der Waals surface area contributed by atoms with Crippen molar-refractivity contribution < 1.29 is 9.53 Å². The van der Waals surface area contributed by atoms with Crippen LogP contribution in [0.3, 0.4) is 0 Å². The lowest BCUT2D eigenvalue weighted by Crippen LogP contribution is -2.31. The molecule has 0 bridgehead atoms. The number of hydrogen-bond donors (Lipinski definition) is 1. The second-order valence-electron chi connectivity index (χ2n) is 7.16. The molecule has 0 fully saturated rings. The molecule has 32 heavy (non-hydrogen) atoms. The van der Waals surface area contributed by atoms with Gasteiger partial charge in [0.15, 0.2) is 5.16 Å². The molecule has 3 aromatic carbocycles. The minimum absolute atomic E-state index is 0.0608. The van der Waals surface area contributed by atoms with Crippen LogP contribution in [-0.4, -0.2) is 33.5 Å². The second-order valence-corrected chi connectivity index (χ2v) is 8.11. The Kier molecular flexibility index (Phi) is 7.19. The maximum absolute atomic E-state index is 12.9. The lowest BCUT2D eigenvalue weighted by Gasteiger charge is -2.19. The Morgan fingerprint density at radius 2 is 1.69 bits per heavy atom. The third-order valence-corrected chi connectivity index (χ3v) is 5.96. The minimum Gasteiger partial charge on any atom is -0.495 e. The van der Waals surface area contributed by atoms with Gasteiger partial charge in [0.1, 0.15) is 12.1 Å². The number of amides is 1. The molecular formula is C25H24N4O2S. The van der Waals surface area contributed by atoms with Gasteiger partial charge in [0, 0.05) is 0 Å². The molecule has 0 aliphatic rings. The fourth-order valence-electron chi connectivity index (χ4n) is 3.47. The highest BCUT2D eigenvalue weighted by Crippen LogP contribution is 2.27. The van der Waals surface area contributed by atoms with E-state index < -0.39 is 0 Å². The van der Waals surface area contributed by atoms with E-state index in [2.05, 4.69) is 27.6 Å². The highest BCUT2D eigenvalue weighted by atomic mass is 32.2. The molecule has 0 aliphatic heterocycles. The smallest absolute Gasteiger partial charge is 0.230 e. The topological polar surface area (TPSA) is 69.0 Å². The summed E-state index contributed by atoms with van der Waals surface area (Å²) in [5.74, 6) is 0.881. The van der Waals surface area contributed by atoms with Gasteiger partial charge >= 0.3 is 0 Å².